The number of nitrogens with zero attached hydrogens (tertiary/aromatic N) is 2. The van der Waals surface area contributed by atoms with E-state index in [2.05, 4.69) is 0 Å². The lowest BCUT2D eigenvalue weighted by Crippen LogP contribution is -2.55. The Morgan fingerprint density at radius 1 is 1.17 bits per heavy atom. The number of carbonyl (C=O) groups excluding carboxylic acids is 5. The summed E-state index contributed by atoms with van der Waals surface area (Å²) in [5.41, 5.74) is -0.235. The highest BCUT2D eigenvalue weighted by molar-refractivity contribution is 6.12. The molecule has 1 saturated heterocycles. The number of amides is 3. The first kappa shape index (κ1) is 24.0. The summed E-state index contributed by atoms with van der Waals surface area (Å²) in [5.74, 6) is -1.02. The minimum absolute atomic E-state index is 0.0160. The lowest BCUT2D eigenvalue weighted by molar-refractivity contribution is -0.150. The Kier molecular flexibility index (Phi) is 8.20. The van der Waals surface area contributed by atoms with E-state index in [0.717, 1.165) is 0 Å². The minimum atomic E-state index is -0.885. The van der Waals surface area contributed by atoms with Crippen LogP contribution in [0.15, 0.2) is 18.2 Å². The van der Waals surface area contributed by atoms with Gasteiger partial charge >= 0.3 is 6.09 Å². The molecule has 1 aromatic carbocycles. The van der Waals surface area contributed by atoms with Gasteiger partial charge < -0.3 is 9.84 Å². The summed E-state index contributed by atoms with van der Waals surface area (Å²) < 4.78 is 5.07. The number of piperidine rings is 1. The second-order valence-corrected chi connectivity index (χ2v) is 7.61. The van der Waals surface area contributed by atoms with Crippen LogP contribution in [0.1, 0.15) is 54.3 Å². The average Bonchev–Trinajstić information content (AvgIpc) is 2.60. The van der Waals surface area contributed by atoms with Crippen LogP contribution in [0.5, 0.6) is 5.75 Å². The predicted molar refractivity (Wildman–Crippen MR) is 104 cm³/mol. The molecule has 1 heterocycles. The summed E-state index contributed by atoms with van der Waals surface area (Å²) >= 11 is 0. The van der Waals surface area contributed by atoms with Crippen molar-refractivity contribution in [3.63, 3.8) is 0 Å². The molecule has 2 rings (SSSR count). The zero-order valence-electron chi connectivity index (χ0n) is 17.2. The molecule has 1 fully saturated rings. The maximum Gasteiger partial charge on any atom is 0.424 e. The Hall–Kier alpha value is -3.07. The van der Waals surface area contributed by atoms with Crippen LogP contribution in [0.4, 0.5) is 4.79 Å². The zero-order chi connectivity index (χ0) is 22.4. The first-order chi connectivity index (χ1) is 13.4. The topological polar surface area (TPSA) is 121 Å². The van der Waals surface area contributed by atoms with E-state index in [1.54, 1.807) is 39.8 Å². The summed E-state index contributed by atoms with van der Waals surface area (Å²) in [6.45, 7) is 5.06. The molecule has 0 bridgehead atoms. The molecule has 1 unspecified atom stereocenters. The molecule has 0 aromatic heterocycles. The van der Waals surface area contributed by atoms with E-state index < -0.39 is 29.6 Å². The van der Waals surface area contributed by atoms with Gasteiger partial charge in [0.2, 0.25) is 5.91 Å². The monoisotopic (exact) mass is 406 g/mol. The van der Waals surface area contributed by atoms with Crippen molar-refractivity contribution < 1.29 is 33.8 Å². The molecule has 0 aliphatic carbocycles. The van der Waals surface area contributed by atoms with Gasteiger partial charge in [-0.3, -0.25) is 24.1 Å². The van der Waals surface area contributed by atoms with Crippen molar-refractivity contribution in [1.29, 1.82) is 0 Å². The van der Waals surface area contributed by atoms with Crippen molar-refractivity contribution >= 4 is 30.5 Å². The summed E-state index contributed by atoms with van der Waals surface area (Å²) in [6, 6.07) is 3.55. The van der Waals surface area contributed by atoms with Gasteiger partial charge in [0.25, 0.3) is 5.91 Å². The normalized spacial score (nSPS) is 16.8. The van der Waals surface area contributed by atoms with E-state index in [9.17, 15) is 24.0 Å². The Morgan fingerprint density at radius 3 is 2.24 bits per heavy atom. The molecule has 158 valence electrons. The lowest BCUT2D eigenvalue weighted by Gasteiger charge is -2.33. The van der Waals surface area contributed by atoms with E-state index in [4.69, 9.17) is 9.84 Å². The van der Waals surface area contributed by atoms with Crippen molar-refractivity contribution in [2.24, 2.45) is 0 Å². The second kappa shape index (κ2) is 9.92. The van der Waals surface area contributed by atoms with Crippen LogP contribution in [-0.4, -0.2) is 71.1 Å². The van der Waals surface area contributed by atoms with Gasteiger partial charge in [-0.2, -0.15) is 4.90 Å². The molecule has 1 aromatic rings. The number of rotatable bonds is 3. The predicted octanol–water partition coefficient (Wildman–Crippen LogP) is 2.02. The van der Waals surface area contributed by atoms with E-state index in [0.29, 0.717) is 23.9 Å². The van der Waals surface area contributed by atoms with Crippen molar-refractivity contribution in [3.05, 3.63) is 29.3 Å². The third kappa shape index (κ3) is 6.79. The van der Waals surface area contributed by atoms with Crippen molar-refractivity contribution in [2.45, 2.75) is 45.3 Å². The number of aldehydes is 2. The number of imide groups is 3. The smallest absolute Gasteiger partial charge is 0.424 e. The highest BCUT2D eigenvalue weighted by Crippen LogP contribution is 2.19. The number of likely N-dealkylation sites (N-methyl/N-ethyl adjacent to an activating group) is 1. The van der Waals surface area contributed by atoms with Crippen LogP contribution in [0.3, 0.4) is 0 Å². The Morgan fingerprint density at radius 2 is 1.76 bits per heavy atom. The maximum atomic E-state index is 12.1. The van der Waals surface area contributed by atoms with Gasteiger partial charge in [0.1, 0.15) is 11.4 Å². The standard InChI is InChI=1S/C12H20N2O4.C8H6O3/c1-12(2,3)18-11(17)14-9(15)7-6-8(10(14)16)13(4)5;9-4-6-1-2-8(11)3-7(6)5-10/h8H,6-7H2,1-5H3;1-5,11H. The first-order valence-corrected chi connectivity index (χ1v) is 8.90. The number of phenols is 1. The van der Waals surface area contributed by atoms with Gasteiger partial charge in [-0.15, -0.1) is 0 Å². The van der Waals surface area contributed by atoms with Gasteiger partial charge in [-0.1, -0.05) is 0 Å². The number of aromatic hydroxyl groups is 1. The Balaban J connectivity index is 0.000000326. The van der Waals surface area contributed by atoms with Crippen LogP contribution in [0.2, 0.25) is 0 Å². The summed E-state index contributed by atoms with van der Waals surface area (Å²) in [7, 11) is 3.48. The van der Waals surface area contributed by atoms with Crippen molar-refractivity contribution in [3.8, 4) is 5.75 Å². The molecule has 0 spiro atoms. The first-order valence-electron chi connectivity index (χ1n) is 8.90. The number of hydrogen-bond acceptors (Lipinski definition) is 8. The molecular weight excluding hydrogens is 380 g/mol. The fraction of sp³-hybridized carbons (Fsp3) is 0.450. The van der Waals surface area contributed by atoms with Crippen LogP contribution < -0.4 is 0 Å². The van der Waals surface area contributed by atoms with Crippen molar-refractivity contribution in [2.75, 3.05) is 14.1 Å². The number of benzene rings is 1. The molecule has 0 radical (unpaired) electrons. The van der Waals surface area contributed by atoms with E-state index in [1.807, 2.05) is 0 Å². The number of phenolic OH excluding ortho intramolecular Hbond substituents is 1. The van der Waals surface area contributed by atoms with Crippen LogP contribution in [0.25, 0.3) is 0 Å². The summed E-state index contributed by atoms with van der Waals surface area (Å²) in [5, 5.41) is 8.89. The Bertz CT molecular complexity index is 797. The van der Waals surface area contributed by atoms with Gasteiger partial charge in [-0.05, 0) is 59.5 Å². The molecule has 9 nitrogen and oxygen atoms in total. The number of carbonyl (C=O) groups is 5. The van der Waals surface area contributed by atoms with Crippen molar-refractivity contribution in [1.82, 2.24) is 9.80 Å². The third-order valence-electron chi connectivity index (χ3n) is 3.91. The molecule has 29 heavy (non-hydrogen) atoms. The fourth-order valence-electron chi connectivity index (χ4n) is 2.52. The number of likely N-dealkylation sites (tertiary alicyclic amines) is 1. The molecule has 1 N–H and O–H groups in total. The highest BCUT2D eigenvalue weighted by Gasteiger charge is 2.41. The van der Waals surface area contributed by atoms with Gasteiger partial charge in [-0.25, -0.2) is 4.79 Å². The number of hydrogen-bond donors (Lipinski definition) is 1. The Labute approximate surface area is 169 Å². The zero-order valence-corrected chi connectivity index (χ0v) is 17.2. The summed E-state index contributed by atoms with van der Waals surface area (Å²) in [6.07, 6.45) is 0.828. The van der Waals surface area contributed by atoms with Crippen LogP contribution in [0, 0.1) is 0 Å². The SMILES string of the molecule is CN(C)C1CCC(=O)N(C(=O)OC(C)(C)C)C1=O.O=Cc1ccc(O)cc1C=O. The summed E-state index contributed by atoms with van der Waals surface area (Å²) in [4.78, 5) is 58.4. The minimum Gasteiger partial charge on any atom is -0.508 e. The molecule has 9 heteroatoms. The fourth-order valence-corrected chi connectivity index (χ4v) is 2.52. The van der Waals surface area contributed by atoms with Gasteiger partial charge in [0.15, 0.2) is 12.6 Å². The number of ether oxygens (including phenoxy) is 1. The lowest BCUT2D eigenvalue weighted by atomic mass is 10.0. The molecule has 0 saturated carbocycles. The quantitative estimate of drug-likeness (QED) is 0.598. The second-order valence-electron chi connectivity index (χ2n) is 7.61. The van der Waals surface area contributed by atoms with Gasteiger partial charge in [0.05, 0.1) is 6.04 Å². The van der Waals surface area contributed by atoms with Gasteiger partial charge in [0, 0.05) is 17.5 Å². The maximum absolute atomic E-state index is 12.1. The third-order valence-corrected chi connectivity index (χ3v) is 3.91. The molecule has 1 atom stereocenters. The molecule has 1 aliphatic heterocycles. The van der Waals surface area contributed by atoms with E-state index in [-0.39, 0.29) is 23.3 Å². The molecule has 3 amide bonds. The average molecular weight is 406 g/mol. The van der Waals surface area contributed by atoms with Crippen LogP contribution >= 0.6 is 0 Å². The molecular formula is C20H26N2O7. The van der Waals surface area contributed by atoms with E-state index in [1.165, 1.54) is 18.2 Å². The van der Waals surface area contributed by atoms with E-state index >= 15 is 0 Å². The molecule has 1 aliphatic rings. The largest absolute Gasteiger partial charge is 0.508 e. The van der Waals surface area contributed by atoms with Crippen LogP contribution in [-0.2, 0) is 14.3 Å². The highest BCUT2D eigenvalue weighted by atomic mass is 16.6.